The molecule has 0 spiro atoms. The van der Waals surface area contributed by atoms with Crippen molar-refractivity contribution in [2.75, 3.05) is 42.9 Å². The van der Waals surface area contributed by atoms with Crippen LogP contribution in [-0.2, 0) is 4.79 Å². The lowest BCUT2D eigenvalue weighted by Gasteiger charge is -2.35. The van der Waals surface area contributed by atoms with Gasteiger partial charge in [0.25, 0.3) is 5.56 Å². The summed E-state index contributed by atoms with van der Waals surface area (Å²) in [7, 11) is 0. The average Bonchev–Trinajstić information content (AvgIpc) is 3.34. The van der Waals surface area contributed by atoms with Crippen molar-refractivity contribution < 1.29 is 9.90 Å². The van der Waals surface area contributed by atoms with Gasteiger partial charge in [0, 0.05) is 61.2 Å². The van der Waals surface area contributed by atoms with Gasteiger partial charge >= 0.3 is 5.97 Å². The molecule has 2 N–H and O–H groups in total. The van der Waals surface area contributed by atoms with E-state index in [9.17, 15) is 9.59 Å². The second kappa shape index (κ2) is 9.42. The van der Waals surface area contributed by atoms with Gasteiger partial charge < -0.3 is 15.3 Å². The molecule has 3 heterocycles. The van der Waals surface area contributed by atoms with Gasteiger partial charge in [0.15, 0.2) is 0 Å². The molecule has 1 aromatic carbocycles. The van der Waals surface area contributed by atoms with Crippen molar-refractivity contribution in [2.24, 2.45) is 0 Å². The van der Waals surface area contributed by atoms with Crippen LogP contribution in [-0.4, -0.2) is 63.2 Å². The van der Waals surface area contributed by atoms with Gasteiger partial charge in [0.2, 0.25) is 5.95 Å². The van der Waals surface area contributed by atoms with E-state index < -0.39 is 5.97 Å². The first-order valence-corrected chi connectivity index (χ1v) is 11.9. The Kier molecular flexibility index (Phi) is 6.19. The highest BCUT2D eigenvalue weighted by molar-refractivity contribution is 5.79. The Morgan fingerprint density at radius 2 is 1.82 bits per heavy atom. The van der Waals surface area contributed by atoms with Gasteiger partial charge in [-0.15, -0.1) is 0 Å². The van der Waals surface area contributed by atoms with Crippen LogP contribution in [0.2, 0.25) is 0 Å². The number of nitrogens with zero attached hydrogens (tertiary/aromatic N) is 5. The molecule has 0 bridgehead atoms. The highest BCUT2D eigenvalue weighted by Gasteiger charge is 2.22. The van der Waals surface area contributed by atoms with E-state index in [4.69, 9.17) is 10.1 Å². The Bertz CT molecular complexity index is 1240. The zero-order chi connectivity index (χ0) is 23.7. The fourth-order valence-electron chi connectivity index (χ4n) is 5.09. The maximum atomic E-state index is 12.8. The van der Waals surface area contributed by atoms with Crippen molar-refractivity contribution in [3.8, 4) is 0 Å². The van der Waals surface area contributed by atoms with Crippen LogP contribution in [0.4, 0.5) is 17.3 Å². The van der Waals surface area contributed by atoms with Crippen molar-refractivity contribution in [3.05, 3.63) is 52.4 Å². The second-order valence-electron chi connectivity index (χ2n) is 9.23. The molecule has 2 aromatic heterocycles. The van der Waals surface area contributed by atoms with Crippen LogP contribution in [0.5, 0.6) is 0 Å². The molecule has 0 amide bonds. The largest absolute Gasteiger partial charge is 0.480 e. The summed E-state index contributed by atoms with van der Waals surface area (Å²) in [5, 5.41) is 13.2. The van der Waals surface area contributed by atoms with E-state index in [0.717, 1.165) is 74.2 Å². The third-order valence-electron chi connectivity index (χ3n) is 6.91. The predicted molar refractivity (Wildman–Crippen MR) is 132 cm³/mol. The third kappa shape index (κ3) is 4.61. The normalized spacial score (nSPS) is 17.4. The Labute approximate surface area is 198 Å². The van der Waals surface area contributed by atoms with Gasteiger partial charge in [0.05, 0.1) is 6.54 Å². The van der Waals surface area contributed by atoms with Crippen molar-refractivity contribution in [3.63, 3.8) is 0 Å². The molecule has 1 aliphatic heterocycles. The number of rotatable bonds is 6. The van der Waals surface area contributed by atoms with Crippen LogP contribution in [0, 0.1) is 6.92 Å². The number of fused-ring (bicyclic) bond motifs is 1. The molecule has 9 nitrogen and oxygen atoms in total. The number of piperazine rings is 1. The molecule has 1 saturated heterocycles. The van der Waals surface area contributed by atoms with E-state index in [2.05, 4.69) is 27.3 Å². The van der Waals surface area contributed by atoms with Crippen LogP contribution in [0.15, 0.2) is 41.3 Å². The fourth-order valence-corrected chi connectivity index (χ4v) is 5.09. The zero-order valence-corrected chi connectivity index (χ0v) is 19.4. The quantitative estimate of drug-likeness (QED) is 0.576. The van der Waals surface area contributed by atoms with E-state index in [1.165, 1.54) is 0 Å². The lowest BCUT2D eigenvalue weighted by Crippen LogP contribution is -2.47. The fraction of sp³-hybridized carbons (Fsp3) is 0.440. The number of aromatic nitrogens is 3. The Morgan fingerprint density at radius 1 is 1.12 bits per heavy atom. The number of aliphatic carboxylic acids is 1. The average molecular weight is 463 g/mol. The summed E-state index contributed by atoms with van der Waals surface area (Å²) in [6, 6.07) is 9.98. The number of carboxylic acid groups (broad SMARTS) is 1. The summed E-state index contributed by atoms with van der Waals surface area (Å²) >= 11 is 0. The minimum atomic E-state index is -0.782. The number of hydrogen-bond donors (Lipinski definition) is 2. The van der Waals surface area contributed by atoms with Crippen molar-refractivity contribution in [2.45, 2.75) is 38.6 Å². The van der Waals surface area contributed by atoms with E-state index >= 15 is 0 Å². The molecular weight excluding hydrogens is 432 g/mol. The smallest absolute Gasteiger partial charge is 0.317 e. The van der Waals surface area contributed by atoms with Crippen molar-refractivity contribution >= 4 is 34.3 Å². The molecule has 1 saturated carbocycles. The number of aryl methyl sites for hydroxylation is 1. The molecule has 34 heavy (non-hydrogen) atoms. The predicted octanol–water partition coefficient (Wildman–Crippen LogP) is 3.17. The van der Waals surface area contributed by atoms with Crippen LogP contribution in [0.25, 0.3) is 11.0 Å². The molecular formula is C25H30N6O3. The number of carboxylic acids is 1. The first-order chi connectivity index (χ1) is 16.5. The topological polar surface area (TPSA) is 104 Å². The lowest BCUT2D eigenvalue weighted by molar-refractivity contribution is -0.138. The zero-order valence-electron chi connectivity index (χ0n) is 19.4. The summed E-state index contributed by atoms with van der Waals surface area (Å²) in [5.41, 5.74) is 3.58. The maximum absolute atomic E-state index is 12.8. The number of nitrogens with one attached hydrogen (secondary N) is 1. The van der Waals surface area contributed by atoms with E-state index in [1.807, 2.05) is 28.5 Å². The maximum Gasteiger partial charge on any atom is 0.317 e. The van der Waals surface area contributed by atoms with Gasteiger partial charge in [-0.25, -0.2) is 4.98 Å². The summed E-state index contributed by atoms with van der Waals surface area (Å²) in [6.07, 6.45) is 6.11. The highest BCUT2D eigenvalue weighted by atomic mass is 16.4. The summed E-state index contributed by atoms with van der Waals surface area (Å²) in [4.78, 5) is 37.2. The first kappa shape index (κ1) is 22.3. The Hall–Kier alpha value is -3.46. The second-order valence-corrected chi connectivity index (χ2v) is 9.23. The van der Waals surface area contributed by atoms with Gasteiger partial charge in [0.1, 0.15) is 5.65 Å². The van der Waals surface area contributed by atoms with E-state index in [-0.39, 0.29) is 18.1 Å². The number of pyridine rings is 1. The minimum Gasteiger partial charge on any atom is -0.480 e. The van der Waals surface area contributed by atoms with Gasteiger partial charge in [-0.2, -0.15) is 4.98 Å². The number of benzene rings is 1. The molecule has 0 unspecified atom stereocenters. The molecule has 5 rings (SSSR count). The first-order valence-electron chi connectivity index (χ1n) is 11.9. The Morgan fingerprint density at radius 3 is 2.50 bits per heavy atom. The third-order valence-corrected chi connectivity index (χ3v) is 6.91. The number of carbonyl (C=O) groups is 1. The standard InChI is InChI=1S/C25H30N6O3/c1-17-14-22(32)31(20-4-2-3-5-20)24-21(17)15-26-25(28-24)27-18-6-8-19(9-7-18)30-12-10-29(11-13-30)16-23(33)34/h6-9,14-15,20H,2-5,10-13,16H2,1H3,(H,33,34)(H,26,27,28). The molecule has 9 heteroatoms. The van der Waals surface area contributed by atoms with Crippen LogP contribution >= 0.6 is 0 Å². The van der Waals surface area contributed by atoms with Crippen LogP contribution < -0.4 is 15.8 Å². The number of anilines is 3. The van der Waals surface area contributed by atoms with Crippen LogP contribution in [0.1, 0.15) is 37.3 Å². The molecule has 3 aromatic rings. The van der Waals surface area contributed by atoms with Crippen LogP contribution in [0.3, 0.4) is 0 Å². The summed E-state index contributed by atoms with van der Waals surface area (Å²) in [6.45, 7) is 5.09. The van der Waals surface area contributed by atoms with E-state index in [1.54, 1.807) is 12.3 Å². The lowest BCUT2D eigenvalue weighted by atomic mass is 10.1. The van der Waals surface area contributed by atoms with Gasteiger partial charge in [-0.1, -0.05) is 12.8 Å². The molecule has 2 aliphatic rings. The van der Waals surface area contributed by atoms with Crippen molar-refractivity contribution in [1.29, 1.82) is 0 Å². The monoisotopic (exact) mass is 462 g/mol. The van der Waals surface area contributed by atoms with E-state index in [0.29, 0.717) is 11.6 Å². The minimum absolute atomic E-state index is 0.00866. The summed E-state index contributed by atoms with van der Waals surface area (Å²) in [5.74, 6) is -0.311. The molecule has 0 radical (unpaired) electrons. The highest BCUT2D eigenvalue weighted by Crippen LogP contribution is 2.31. The SMILES string of the molecule is Cc1cc(=O)n(C2CCCC2)c2nc(Nc3ccc(N4CCN(CC(=O)O)CC4)cc3)ncc12. The molecule has 2 fully saturated rings. The molecule has 1 aliphatic carbocycles. The van der Waals surface area contributed by atoms with Gasteiger partial charge in [-0.05, 0) is 49.6 Å². The molecule has 178 valence electrons. The van der Waals surface area contributed by atoms with Crippen molar-refractivity contribution in [1.82, 2.24) is 19.4 Å². The van der Waals surface area contributed by atoms with Gasteiger partial charge in [-0.3, -0.25) is 19.1 Å². The number of hydrogen-bond acceptors (Lipinski definition) is 7. The Balaban J connectivity index is 1.33. The molecule has 0 atom stereocenters. The summed E-state index contributed by atoms with van der Waals surface area (Å²) < 4.78 is 1.86.